The molecule has 0 saturated carbocycles. The first kappa shape index (κ1) is 23.4. The number of benzene rings is 2. The molecule has 1 amide bonds. The average molecular weight is 463 g/mol. The zero-order valence-electron chi connectivity index (χ0n) is 17.6. The van der Waals surface area contributed by atoms with Gasteiger partial charge in [-0.15, -0.1) is 0 Å². The third-order valence-electron chi connectivity index (χ3n) is 4.89. The Bertz CT molecular complexity index is 1030. The highest BCUT2D eigenvalue weighted by Crippen LogP contribution is 2.18. The number of amides is 1. The highest BCUT2D eigenvalue weighted by atomic mass is 32.2. The number of carboxylic acids is 1. The zero-order chi connectivity index (χ0) is 23.1. The van der Waals surface area contributed by atoms with Crippen molar-refractivity contribution in [2.45, 2.75) is 12.3 Å². The summed E-state index contributed by atoms with van der Waals surface area (Å²) >= 11 is 0. The maximum atomic E-state index is 12.6. The summed E-state index contributed by atoms with van der Waals surface area (Å²) in [7, 11) is -3.91. The molecule has 0 bridgehead atoms. The van der Waals surface area contributed by atoms with E-state index < -0.39 is 33.9 Å². The van der Waals surface area contributed by atoms with Crippen molar-refractivity contribution in [3.63, 3.8) is 0 Å². The number of hydrogen-bond acceptors (Lipinski definition) is 7. The van der Waals surface area contributed by atoms with Gasteiger partial charge >= 0.3 is 5.97 Å². The third-order valence-corrected chi connectivity index (χ3v) is 6.46. The van der Waals surface area contributed by atoms with Crippen molar-refractivity contribution in [1.82, 2.24) is 10.6 Å². The molecule has 2 aromatic carbocycles. The predicted octanol–water partition coefficient (Wildman–Crippen LogP) is 1.08. The number of carbonyl (C=O) groups excluding carboxylic acids is 1. The van der Waals surface area contributed by atoms with Crippen LogP contribution in [0.3, 0.4) is 0 Å². The van der Waals surface area contributed by atoms with Crippen molar-refractivity contribution in [2.24, 2.45) is 0 Å². The van der Waals surface area contributed by atoms with Crippen LogP contribution in [-0.2, 0) is 14.8 Å². The van der Waals surface area contributed by atoms with Gasteiger partial charge in [-0.1, -0.05) is 0 Å². The lowest BCUT2D eigenvalue weighted by Crippen LogP contribution is -2.43. The highest BCUT2D eigenvalue weighted by molar-refractivity contribution is 7.93. The quantitative estimate of drug-likeness (QED) is 0.434. The smallest absolute Gasteiger partial charge is 0.341 e. The van der Waals surface area contributed by atoms with Crippen molar-refractivity contribution in [3.8, 4) is 5.75 Å². The minimum absolute atomic E-state index is 0.258. The van der Waals surface area contributed by atoms with Crippen molar-refractivity contribution in [3.05, 3.63) is 54.1 Å². The van der Waals surface area contributed by atoms with Crippen LogP contribution in [0.1, 0.15) is 17.3 Å². The van der Waals surface area contributed by atoms with Crippen molar-refractivity contribution < 1.29 is 27.9 Å². The van der Waals surface area contributed by atoms with E-state index in [1.807, 2.05) is 12.1 Å². The second kappa shape index (κ2) is 10.3. The van der Waals surface area contributed by atoms with E-state index in [4.69, 9.17) is 9.84 Å². The molecule has 2 aromatic rings. The van der Waals surface area contributed by atoms with Gasteiger partial charge in [-0.05, 0) is 55.5 Å². The van der Waals surface area contributed by atoms with Gasteiger partial charge in [-0.3, -0.25) is 9.52 Å². The number of rotatable bonds is 9. The number of carboxylic acid groups (broad SMARTS) is 1. The van der Waals surface area contributed by atoms with Gasteiger partial charge in [0.15, 0.2) is 6.61 Å². The van der Waals surface area contributed by atoms with E-state index in [2.05, 4.69) is 20.3 Å². The van der Waals surface area contributed by atoms with E-state index in [1.165, 1.54) is 31.2 Å². The molecule has 1 saturated heterocycles. The van der Waals surface area contributed by atoms with Gasteiger partial charge in [0.05, 0.1) is 0 Å². The molecular formula is C21H26N4O6S. The van der Waals surface area contributed by atoms with Gasteiger partial charge in [-0.25, -0.2) is 13.2 Å². The SMILES string of the molecule is CC(NC(=O)c1ccc(N2CCNCC2)cc1)S(=O)(=O)Nc1ccc(OCC(=O)O)cc1. The maximum absolute atomic E-state index is 12.6. The van der Waals surface area contributed by atoms with Gasteiger partial charge in [0, 0.05) is 43.1 Å². The molecule has 11 heteroatoms. The number of nitrogens with zero attached hydrogens (tertiary/aromatic N) is 1. The van der Waals surface area contributed by atoms with E-state index in [-0.39, 0.29) is 5.69 Å². The Balaban J connectivity index is 1.57. The van der Waals surface area contributed by atoms with E-state index in [1.54, 1.807) is 12.1 Å². The fourth-order valence-electron chi connectivity index (χ4n) is 3.11. The molecule has 0 aliphatic carbocycles. The highest BCUT2D eigenvalue weighted by Gasteiger charge is 2.23. The Labute approximate surface area is 186 Å². The normalized spacial score (nSPS) is 15.0. The number of nitrogens with one attached hydrogen (secondary N) is 3. The first-order chi connectivity index (χ1) is 15.2. The lowest BCUT2D eigenvalue weighted by Gasteiger charge is -2.29. The van der Waals surface area contributed by atoms with Crippen LogP contribution in [0.25, 0.3) is 0 Å². The molecule has 0 spiro atoms. The second-order valence-electron chi connectivity index (χ2n) is 7.25. The lowest BCUT2D eigenvalue weighted by atomic mass is 10.1. The number of ether oxygens (including phenoxy) is 1. The number of sulfonamides is 1. The fraction of sp³-hybridized carbons (Fsp3) is 0.333. The van der Waals surface area contributed by atoms with Gasteiger partial charge in [0.1, 0.15) is 11.1 Å². The van der Waals surface area contributed by atoms with Crippen LogP contribution in [0.2, 0.25) is 0 Å². The van der Waals surface area contributed by atoms with Crippen LogP contribution in [0.15, 0.2) is 48.5 Å². The summed E-state index contributed by atoms with van der Waals surface area (Å²) in [5.74, 6) is -1.31. The van der Waals surface area contributed by atoms with Gasteiger partial charge in [0.2, 0.25) is 0 Å². The van der Waals surface area contributed by atoms with Crippen LogP contribution in [0.5, 0.6) is 5.75 Å². The molecule has 1 heterocycles. The molecule has 1 fully saturated rings. The third kappa shape index (κ3) is 6.34. The van der Waals surface area contributed by atoms with Gasteiger partial charge in [0.25, 0.3) is 15.9 Å². The fourth-order valence-corrected chi connectivity index (χ4v) is 4.01. The standard InChI is InChI=1S/C21H26N4O6S/c1-15(32(29,30)24-17-4-8-19(9-5-17)31-14-20(26)27)23-21(28)16-2-6-18(7-3-16)25-12-10-22-11-13-25/h2-9,15,22,24H,10-14H2,1H3,(H,23,28)(H,26,27). The summed E-state index contributed by atoms with van der Waals surface area (Å²) in [5.41, 5.74) is 1.64. The van der Waals surface area contributed by atoms with Crippen LogP contribution in [-0.4, -0.2) is 63.6 Å². The van der Waals surface area contributed by atoms with E-state index in [0.717, 1.165) is 31.9 Å². The summed E-state index contributed by atoms with van der Waals surface area (Å²) in [6.45, 7) is 4.47. The van der Waals surface area contributed by atoms with Crippen LogP contribution >= 0.6 is 0 Å². The molecule has 0 radical (unpaired) electrons. The molecule has 10 nitrogen and oxygen atoms in total. The Morgan fingerprint density at radius 2 is 1.72 bits per heavy atom. The molecule has 32 heavy (non-hydrogen) atoms. The summed E-state index contributed by atoms with van der Waals surface area (Å²) < 4.78 is 32.6. The summed E-state index contributed by atoms with van der Waals surface area (Å²) in [5, 5.41) is 13.2. The number of hydrogen-bond donors (Lipinski definition) is 4. The molecule has 1 aliphatic rings. The van der Waals surface area contributed by atoms with E-state index in [9.17, 15) is 18.0 Å². The molecular weight excluding hydrogens is 436 g/mol. The topological polar surface area (TPSA) is 137 Å². The molecule has 1 aliphatic heterocycles. The average Bonchev–Trinajstić information content (AvgIpc) is 2.79. The first-order valence-electron chi connectivity index (χ1n) is 10.1. The summed E-state index contributed by atoms with van der Waals surface area (Å²) in [4.78, 5) is 25.3. The number of piperazine rings is 1. The van der Waals surface area contributed by atoms with Crippen molar-refractivity contribution >= 4 is 33.3 Å². The minimum Gasteiger partial charge on any atom is -0.482 e. The van der Waals surface area contributed by atoms with Crippen molar-refractivity contribution in [2.75, 3.05) is 42.4 Å². The number of carbonyl (C=O) groups is 2. The van der Waals surface area contributed by atoms with Gasteiger partial charge in [-0.2, -0.15) is 0 Å². The Morgan fingerprint density at radius 3 is 2.31 bits per heavy atom. The van der Waals surface area contributed by atoms with Crippen LogP contribution in [0, 0.1) is 0 Å². The van der Waals surface area contributed by atoms with Crippen molar-refractivity contribution in [1.29, 1.82) is 0 Å². The molecule has 172 valence electrons. The number of anilines is 2. The molecule has 4 N–H and O–H groups in total. The molecule has 1 atom stereocenters. The maximum Gasteiger partial charge on any atom is 0.341 e. The summed E-state index contributed by atoms with van der Waals surface area (Å²) in [6, 6.07) is 12.8. The van der Waals surface area contributed by atoms with E-state index >= 15 is 0 Å². The Morgan fingerprint density at radius 1 is 1.09 bits per heavy atom. The summed E-state index contributed by atoms with van der Waals surface area (Å²) in [6.07, 6.45) is 0. The Kier molecular flexibility index (Phi) is 7.54. The lowest BCUT2D eigenvalue weighted by molar-refractivity contribution is -0.139. The molecule has 0 aromatic heterocycles. The van der Waals surface area contributed by atoms with E-state index in [0.29, 0.717) is 11.3 Å². The second-order valence-corrected chi connectivity index (χ2v) is 9.25. The van der Waals surface area contributed by atoms with Gasteiger partial charge < -0.3 is 25.4 Å². The number of aliphatic carboxylic acids is 1. The minimum atomic E-state index is -3.91. The largest absolute Gasteiger partial charge is 0.482 e. The molecule has 1 unspecified atom stereocenters. The van der Waals surface area contributed by atoms with Crippen LogP contribution in [0.4, 0.5) is 11.4 Å². The zero-order valence-corrected chi connectivity index (χ0v) is 18.4. The monoisotopic (exact) mass is 462 g/mol. The molecule has 3 rings (SSSR count). The Hall–Kier alpha value is -3.31. The van der Waals surface area contributed by atoms with Crippen LogP contribution < -0.4 is 25.0 Å². The predicted molar refractivity (Wildman–Crippen MR) is 121 cm³/mol. The first-order valence-corrected chi connectivity index (χ1v) is 11.6.